The van der Waals surface area contributed by atoms with E-state index in [1.165, 1.54) is 19.2 Å². The number of hydrogen-bond acceptors (Lipinski definition) is 5. The van der Waals surface area contributed by atoms with Gasteiger partial charge in [-0.3, -0.25) is 0 Å². The van der Waals surface area contributed by atoms with Gasteiger partial charge >= 0.3 is 5.97 Å². The second-order valence-electron chi connectivity index (χ2n) is 5.62. The first-order valence-corrected chi connectivity index (χ1v) is 7.12. The minimum absolute atomic E-state index is 0.309. The van der Waals surface area contributed by atoms with E-state index in [-0.39, 0.29) is 0 Å². The van der Waals surface area contributed by atoms with Crippen molar-refractivity contribution in [1.82, 2.24) is 9.97 Å². The molecule has 0 spiro atoms. The molecule has 110 valence electrons. The van der Waals surface area contributed by atoms with E-state index >= 15 is 0 Å². The topological polar surface area (TPSA) is 78.3 Å². The normalized spacial score (nSPS) is 16.4. The second-order valence-corrected chi connectivity index (χ2v) is 5.62. The maximum atomic E-state index is 11.3. The standard InChI is InChI=1S/C14H22N4O2/c1-10(2)7-11(14(19)20)17-12-8-13(16-9-15-12)18-5-3-4-6-18/h8-11H,3-7H2,1-2H3,(H,19,20)(H,15,16,17)/t11-/m0/s1. The van der Waals surface area contributed by atoms with E-state index in [1.54, 1.807) is 0 Å². The fourth-order valence-electron chi connectivity index (χ4n) is 2.42. The molecule has 2 heterocycles. The van der Waals surface area contributed by atoms with Crippen LogP contribution in [0.4, 0.5) is 11.6 Å². The van der Waals surface area contributed by atoms with Crippen LogP contribution >= 0.6 is 0 Å². The summed E-state index contributed by atoms with van der Waals surface area (Å²) in [6, 6.07) is 1.22. The Hall–Kier alpha value is -1.85. The molecule has 6 heteroatoms. The zero-order valence-electron chi connectivity index (χ0n) is 12.0. The average molecular weight is 278 g/mol. The lowest BCUT2D eigenvalue weighted by Gasteiger charge is -2.19. The van der Waals surface area contributed by atoms with Gasteiger partial charge in [-0.2, -0.15) is 0 Å². The van der Waals surface area contributed by atoms with E-state index < -0.39 is 12.0 Å². The molecule has 0 radical (unpaired) electrons. The molecule has 1 aliphatic heterocycles. The van der Waals surface area contributed by atoms with E-state index in [9.17, 15) is 9.90 Å². The lowest BCUT2D eigenvalue weighted by Crippen LogP contribution is -2.31. The number of anilines is 2. The van der Waals surface area contributed by atoms with Gasteiger partial charge in [-0.15, -0.1) is 0 Å². The van der Waals surface area contributed by atoms with Gasteiger partial charge in [-0.25, -0.2) is 14.8 Å². The quantitative estimate of drug-likeness (QED) is 0.828. The Morgan fingerprint density at radius 3 is 2.70 bits per heavy atom. The molecule has 1 aliphatic rings. The first kappa shape index (κ1) is 14.6. The van der Waals surface area contributed by atoms with Gasteiger partial charge in [0.2, 0.25) is 0 Å². The van der Waals surface area contributed by atoms with Crippen LogP contribution in [-0.4, -0.2) is 40.2 Å². The molecule has 1 atom stereocenters. The number of carboxylic acids is 1. The van der Waals surface area contributed by atoms with Crippen molar-refractivity contribution in [3.8, 4) is 0 Å². The van der Waals surface area contributed by atoms with Crippen LogP contribution in [-0.2, 0) is 4.79 Å². The summed E-state index contributed by atoms with van der Waals surface area (Å²) in [7, 11) is 0. The van der Waals surface area contributed by atoms with Gasteiger partial charge in [0, 0.05) is 19.2 Å². The first-order chi connectivity index (χ1) is 9.56. The van der Waals surface area contributed by atoms with Gasteiger partial charge in [0.05, 0.1) is 0 Å². The highest BCUT2D eigenvalue weighted by atomic mass is 16.4. The summed E-state index contributed by atoms with van der Waals surface area (Å²) in [6.07, 6.45) is 4.42. The third-order valence-electron chi connectivity index (χ3n) is 3.41. The molecule has 2 rings (SSSR count). The summed E-state index contributed by atoms with van der Waals surface area (Å²) in [4.78, 5) is 21.9. The summed E-state index contributed by atoms with van der Waals surface area (Å²) in [5, 5.41) is 12.2. The molecule has 0 aromatic carbocycles. The number of aliphatic carboxylic acids is 1. The van der Waals surface area contributed by atoms with Crippen molar-refractivity contribution in [2.45, 2.75) is 39.2 Å². The van der Waals surface area contributed by atoms with Crippen molar-refractivity contribution in [3.05, 3.63) is 12.4 Å². The van der Waals surface area contributed by atoms with Gasteiger partial charge in [-0.05, 0) is 25.2 Å². The molecular weight excluding hydrogens is 256 g/mol. The molecule has 6 nitrogen and oxygen atoms in total. The molecule has 2 N–H and O–H groups in total. The minimum Gasteiger partial charge on any atom is -0.480 e. The maximum absolute atomic E-state index is 11.3. The summed E-state index contributed by atoms with van der Waals surface area (Å²) in [5.41, 5.74) is 0. The van der Waals surface area contributed by atoms with Gasteiger partial charge in [0.25, 0.3) is 0 Å². The van der Waals surface area contributed by atoms with E-state index in [2.05, 4.69) is 20.2 Å². The minimum atomic E-state index is -0.847. The molecule has 20 heavy (non-hydrogen) atoms. The molecule has 0 aliphatic carbocycles. The molecule has 0 amide bonds. The van der Waals surface area contributed by atoms with Crippen LogP contribution in [0, 0.1) is 5.92 Å². The highest BCUT2D eigenvalue weighted by molar-refractivity contribution is 5.77. The molecule has 1 aromatic rings. The number of rotatable bonds is 6. The number of nitrogens with zero attached hydrogens (tertiary/aromatic N) is 3. The number of aromatic nitrogens is 2. The maximum Gasteiger partial charge on any atom is 0.326 e. The number of carboxylic acid groups (broad SMARTS) is 1. The Labute approximate surface area is 119 Å². The van der Waals surface area contributed by atoms with Crippen LogP contribution in [0.25, 0.3) is 0 Å². The van der Waals surface area contributed by atoms with E-state index in [1.807, 2.05) is 19.9 Å². The number of hydrogen-bond donors (Lipinski definition) is 2. The van der Waals surface area contributed by atoms with Crippen LogP contribution in [0.15, 0.2) is 12.4 Å². The van der Waals surface area contributed by atoms with Crippen molar-refractivity contribution in [3.63, 3.8) is 0 Å². The lowest BCUT2D eigenvalue weighted by molar-refractivity contribution is -0.138. The van der Waals surface area contributed by atoms with Crippen molar-refractivity contribution >= 4 is 17.6 Å². The van der Waals surface area contributed by atoms with E-state index in [0.29, 0.717) is 18.2 Å². The van der Waals surface area contributed by atoms with Gasteiger partial charge < -0.3 is 15.3 Å². The molecule has 1 saturated heterocycles. The van der Waals surface area contributed by atoms with Crippen molar-refractivity contribution in [2.75, 3.05) is 23.3 Å². The third-order valence-corrected chi connectivity index (χ3v) is 3.41. The largest absolute Gasteiger partial charge is 0.480 e. The first-order valence-electron chi connectivity index (χ1n) is 7.12. The fourth-order valence-corrected chi connectivity index (χ4v) is 2.42. The van der Waals surface area contributed by atoms with Crippen molar-refractivity contribution < 1.29 is 9.90 Å². The summed E-state index contributed by atoms with van der Waals surface area (Å²) < 4.78 is 0. The Bertz CT molecular complexity index is 458. The molecule has 1 fully saturated rings. The molecule has 0 saturated carbocycles. The highest BCUT2D eigenvalue weighted by Gasteiger charge is 2.20. The average Bonchev–Trinajstić information content (AvgIpc) is 2.91. The van der Waals surface area contributed by atoms with Crippen LogP contribution in [0.3, 0.4) is 0 Å². The second kappa shape index (κ2) is 6.54. The Balaban J connectivity index is 2.07. The number of carbonyl (C=O) groups is 1. The Morgan fingerprint density at radius 2 is 2.10 bits per heavy atom. The predicted octanol–water partition coefficient (Wildman–Crippen LogP) is 1.99. The van der Waals surface area contributed by atoms with Crippen LogP contribution in [0.5, 0.6) is 0 Å². The van der Waals surface area contributed by atoms with Gasteiger partial charge in [0.15, 0.2) is 0 Å². The Morgan fingerprint density at radius 1 is 1.40 bits per heavy atom. The summed E-state index contributed by atoms with van der Waals surface area (Å²) >= 11 is 0. The van der Waals surface area contributed by atoms with Crippen LogP contribution in [0.1, 0.15) is 33.1 Å². The lowest BCUT2D eigenvalue weighted by atomic mass is 10.0. The third kappa shape index (κ3) is 3.82. The molecule has 0 unspecified atom stereocenters. The molecule has 0 bridgehead atoms. The van der Waals surface area contributed by atoms with E-state index in [4.69, 9.17) is 0 Å². The zero-order chi connectivity index (χ0) is 14.5. The van der Waals surface area contributed by atoms with Crippen molar-refractivity contribution in [1.29, 1.82) is 0 Å². The smallest absolute Gasteiger partial charge is 0.326 e. The van der Waals surface area contributed by atoms with Gasteiger partial charge in [-0.1, -0.05) is 13.8 Å². The van der Waals surface area contributed by atoms with Gasteiger partial charge in [0.1, 0.15) is 24.0 Å². The monoisotopic (exact) mass is 278 g/mol. The Kier molecular flexibility index (Phi) is 4.76. The van der Waals surface area contributed by atoms with Crippen LogP contribution < -0.4 is 10.2 Å². The van der Waals surface area contributed by atoms with Crippen molar-refractivity contribution in [2.24, 2.45) is 5.92 Å². The summed E-state index contributed by atoms with van der Waals surface area (Å²) in [5.74, 6) is 0.909. The number of nitrogens with one attached hydrogen (secondary N) is 1. The van der Waals surface area contributed by atoms with E-state index in [0.717, 1.165) is 18.9 Å². The SMILES string of the molecule is CC(C)C[C@H](Nc1cc(N2CCCC2)ncn1)C(=O)O. The molecule has 1 aromatic heterocycles. The summed E-state index contributed by atoms with van der Waals surface area (Å²) in [6.45, 7) is 6.02. The highest BCUT2D eigenvalue weighted by Crippen LogP contribution is 2.20. The van der Waals surface area contributed by atoms with Crippen LogP contribution in [0.2, 0.25) is 0 Å². The fraction of sp³-hybridized carbons (Fsp3) is 0.643. The predicted molar refractivity (Wildman–Crippen MR) is 78.0 cm³/mol. The zero-order valence-corrected chi connectivity index (χ0v) is 12.0. The molecular formula is C14H22N4O2.